The third-order valence-corrected chi connectivity index (χ3v) is 7.69. The fraction of sp³-hybridized carbons (Fsp3) is 0. The molecular weight excluding hydrogens is 500 g/mol. The van der Waals surface area contributed by atoms with E-state index in [1.165, 1.54) is 10.8 Å². The molecule has 0 unspecified atom stereocenters. The second kappa shape index (κ2) is 9.58. The fourth-order valence-electron chi connectivity index (χ4n) is 5.70. The van der Waals surface area contributed by atoms with Gasteiger partial charge in [-0.05, 0) is 34.5 Å². The first-order chi connectivity index (χ1) is 20.3. The molecule has 0 aliphatic rings. The van der Waals surface area contributed by atoms with Crippen LogP contribution in [0.25, 0.3) is 77.7 Å². The highest BCUT2D eigenvalue weighted by Crippen LogP contribution is 2.40. The van der Waals surface area contributed by atoms with Gasteiger partial charge in [0.15, 0.2) is 5.82 Å². The standard InChI is InChI=1S/C38H24N2O/c1-3-12-26(13-4-1)30-17-9-18-31-36-32(19-10-20-35(36)41-37(30)31)38-39-33(27-14-5-2-6-15-27)24-34(40-38)29-22-21-25-11-7-8-16-28(25)23-29/h1-24H. The van der Waals surface area contributed by atoms with Gasteiger partial charge in [-0.3, -0.25) is 0 Å². The molecule has 0 saturated heterocycles. The molecule has 0 saturated carbocycles. The first-order valence-corrected chi connectivity index (χ1v) is 13.8. The number of fused-ring (bicyclic) bond motifs is 4. The van der Waals surface area contributed by atoms with Crippen LogP contribution in [-0.2, 0) is 0 Å². The molecule has 192 valence electrons. The molecule has 0 spiro atoms. The van der Waals surface area contributed by atoms with E-state index in [0.29, 0.717) is 5.82 Å². The highest BCUT2D eigenvalue weighted by molar-refractivity contribution is 6.15. The predicted molar refractivity (Wildman–Crippen MR) is 169 cm³/mol. The number of nitrogens with zero attached hydrogens (tertiary/aromatic N) is 2. The lowest BCUT2D eigenvalue weighted by molar-refractivity contribution is 0.670. The number of aromatic nitrogens is 2. The van der Waals surface area contributed by atoms with E-state index in [4.69, 9.17) is 14.4 Å². The van der Waals surface area contributed by atoms with Crippen molar-refractivity contribution in [1.29, 1.82) is 0 Å². The molecule has 0 amide bonds. The van der Waals surface area contributed by atoms with Crippen LogP contribution in [0.4, 0.5) is 0 Å². The molecule has 2 heterocycles. The maximum absolute atomic E-state index is 6.52. The maximum Gasteiger partial charge on any atom is 0.161 e. The number of hydrogen-bond donors (Lipinski definition) is 0. The van der Waals surface area contributed by atoms with Crippen molar-refractivity contribution in [1.82, 2.24) is 9.97 Å². The highest BCUT2D eigenvalue weighted by atomic mass is 16.3. The summed E-state index contributed by atoms with van der Waals surface area (Å²) in [6.07, 6.45) is 0. The van der Waals surface area contributed by atoms with Crippen molar-refractivity contribution in [2.45, 2.75) is 0 Å². The fourth-order valence-corrected chi connectivity index (χ4v) is 5.70. The SMILES string of the molecule is c1ccc(-c2cc(-c3ccc4ccccc4c3)nc(-c3cccc4oc5c(-c6ccccc6)cccc5c34)n2)cc1. The van der Waals surface area contributed by atoms with E-state index >= 15 is 0 Å². The summed E-state index contributed by atoms with van der Waals surface area (Å²) in [5.74, 6) is 0.674. The van der Waals surface area contributed by atoms with Crippen molar-refractivity contribution < 1.29 is 4.42 Å². The largest absolute Gasteiger partial charge is 0.455 e. The summed E-state index contributed by atoms with van der Waals surface area (Å²) < 4.78 is 6.52. The molecular formula is C38H24N2O. The lowest BCUT2D eigenvalue weighted by Gasteiger charge is -2.11. The van der Waals surface area contributed by atoms with Crippen LogP contribution in [0.1, 0.15) is 0 Å². The Bertz CT molecular complexity index is 2200. The van der Waals surface area contributed by atoms with Gasteiger partial charge >= 0.3 is 0 Å². The summed E-state index contributed by atoms with van der Waals surface area (Å²) in [5, 5.41) is 4.47. The van der Waals surface area contributed by atoms with Crippen molar-refractivity contribution >= 4 is 32.7 Å². The summed E-state index contributed by atoms with van der Waals surface area (Å²) in [7, 11) is 0. The molecule has 3 heteroatoms. The van der Waals surface area contributed by atoms with Crippen LogP contribution >= 0.6 is 0 Å². The number of benzene rings is 6. The topological polar surface area (TPSA) is 38.9 Å². The summed E-state index contributed by atoms with van der Waals surface area (Å²) in [4.78, 5) is 10.3. The Morgan fingerprint density at radius 3 is 1.90 bits per heavy atom. The van der Waals surface area contributed by atoms with Crippen LogP contribution in [0.3, 0.4) is 0 Å². The number of rotatable bonds is 4. The molecule has 41 heavy (non-hydrogen) atoms. The molecule has 8 aromatic rings. The third-order valence-electron chi connectivity index (χ3n) is 7.69. The summed E-state index contributed by atoms with van der Waals surface area (Å²) in [5.41, 5.74) is 8.71. The minimum Gasteiger partial charge on any atom is -0.455 e. The lowest BCUT2D eigenvalue weighted by Crippen LogP contribution is -1.96. The van der Waals surface area contributed by atoms with Gasteiger partial charge in [-0.1, -0.05) is 127 Å². The van der Waals surface area contributed by atoms with Crippen molar-refractivity contribution in [2.24, 2.45) is 0 Å². The van der Waals surface area contributed by atoms with Crippen molar-refractivity contribution in [3.05, 3.63) is 146 Å². The molecule has 0 radical (unpaired) electrons. The molecule has 0 atom stereocenters. The normalized spacial score (nSPS) is 11.4. The van der Waals surface area contributed by atoms with Gasteiger partial charge in [0, 0.05) is 33.0 Å². The summed E-state index contributed by atoms with van der Waals surface area (Å²) in [6, 6.07) is 50.2. The van der Waals surface area contributed by atoms with E-state index in [1.807, 2.05) is 36.4 Å². The van der Waals surface area contributed by atoms with Crippen molar-refractivity contribution in [3.63, 3.8) is 0 Å². The summed E-state index contributed by atoms with van der Waals surface area (Å²) in [6.45, 7) is 0. The van der Waals surface area contributed by atoms with Crippen LogP contribution < -0.4 is 0 Å². The molecule has 0 aliphatic heterocycles. The van der Waals surface area contributed by atoms with E-state index < -0.39 is 0 Å². The van der Waals surface area contributed by atoms with E-state index in [-0.39, 0.29) is 0 Å². The van der Waals surface area contributed by atoms with Crippen LogP contribution in [0.5, 0.6) is 0 Å². The van der Waals surface area contributed by atoms with Crippen molar-refractivity contribution in [2.75, 3.05) is 0 Å². The predicted octanol–water partition coefficient (Wildman–Crippen LogP) is 10.2. The number of para-hydroxylation sites is 1. The second-order valence-corrected chi connectivity index (χ2v) is 10.2. The average molecular weight is 525 g/mol. The zero-order valence-corrected chi connectivity index (χ0v) is 22.2. The molecule has 8 rings (SSSR count). The summed E-state index contributed by atoms with van der Waals surface area (Å²) >= 11 is 0. The van der Waals surface area contributed by atoms with E-state index in [9.17, 15) is 0 Å². The highest BCUT2D eigenvalue weighted by Gasteiger charge is 2.18. The quantitative estimate of drug-likeness (QED) is 0.230. The third kappa shape index (κ3) is 4.07. The van der Waals surface area contributed by atoms with Gasteiger partial charge in [-0.2, -0.15) is 0 Å². The second-order valence-electron chi connectivity index (χ2n) is 10.2. The molecule has 6 aromatic carbocycles. The molecule has 0 aliphatic carbocycles. The van der Waals surface area contributed by atoms with Crippen molar-refractivity contribution in [3.8, 4) is 45.0 Å². The smallest absolute Gasteiger partial charge is 0.161 e. The Labute approximate surface area is 237 Å². The Morgan fingerprint density at radius 2 is 1.10 bits per heavy atom. The van der Waals surface area contributed by atoms with E-state index in [0.717, 1.165) is 61.1 Å². The Kier molecular flexibility index (Phi) is 5.46. The van der Waals surface area contributed by atoms with E-state index in [1.54, 1.807) is 0 Å². The minimum absolute atomic E-state index is 0.674. The molecule has 0 N–H and O–H groups in total. The van der Waals surface area contributed by atoms with Gasteiger partial charge in [0.1, 0.15) is 11.2 Å². The van der Waals surface area contributed by atoms with Gasteiger partial charge in [0.05, 0.1) is 11.4 Å². The monoisotopic (exact) mass is 524 g/mol. The van der Waals surface area contributed by atoms with Gasteiger partial charge < -0.3 is 4.42 Å². The number of furan rings is 1. The van der Waals surface area contributed by atoms with Gasteiger partial charge in [0.2, 0.25) is 0 Å². The van der Waals surface area contributed by atoms with Crippen LogP contribution in [-0.4, -0.2) is 9.97 Å². The van der Waals surface area contributed by atoms with Crippen LogP contribution in [0, 0.1) is 0 Å². The molecule has 0 fully saturated rings. The van der Waals surface area contributed by atoms with Gasteiger partial charge in [-0.25, -0.2) is 9.97 Å². The number of hydrogen-bond acceptors (Lipinski definition) is 3. The van der Waals surface area contributed by atoms with Crippen LogP contribution in [0.2, 0.25) is 0 Å². The minimum atomic E-state index is 0.674. The zero-order chi connectivity index (χ0) is 27.2. The molecule has 3 nitrogen and oxygen atoms in total. The van der Waals surface area contributed by atoms with Gasteiger partial charge in [0.25, 0.3) is 0 Å². The first kappa shape index (κ1) is 23.4. The maximum atomic E-state index is 6.52. The zero-order valence-electron chi connectivity index (χ0n) is 22.2. The Balaban J connectivity index is 1.38. The Morgan fingerprint density at radius 1 is 0.439 bits per heavy atom. The molecule has 2 aromatic heterocycles. The van der Waals surface area contributed by atoms with Gasteiger partial charge in [-0.15, -0.1) is 0 Å². The molecule has 0 bridgehead atoms. The van der Waals surface area contributed by atoms with Crippen LogP contribution in [0.15, 0.2) is 150 Å². The average Bonchev–Trinajstić information content (AvgIpc) is 3.44. The lowest BCUT2D eigenvalue weighted by atomic mass is 10.00. The van der Waals surface area contributed by atoms with E-state index in [2.05, 4.69) is 109 Å². The Hall–Kier alpha value is -5.54. The first-order valence-electron chi connectivity index (χ1n) is 13.8.